The van der Waals surface area contributed by atoms with Gasteiger partial charge in [-0.15, -0.1) is 11.8 Å². The van der Waals surface area contributed by atoms with E-state index in [1.54, 1.807) is 42.5 Å². The SMILES string of the molecule is Cc1cccc(/C=C(\NC(=O)c2ccccc2)C(=O)Nc2ccc(SCC(=O)Nc3ccc(I)cc3)cc2)c1. The molecule has 0 saturated heterocycles. The smallest absolute Gasteiger partial charge is 0.272 e. The Morgan fingerprint density at radius 2 is 1.46 bits per heavy atom. The van der Waals surface area contributed by atoms with Crippen molar-refractivity contribution < 1.29 is 14.4 Å². The molecule has 3 amide bonds. The number of thioether (sulfide) groups is 1. The Balaban J connectivity index is 1.40. The van der Waals surface area contributed by atoms with E-state index in [0.717, 1.165) is 25.3 Å². The molecule has 0 aliphatic heterocycles. The zero-order chi connectivity index (χ0) is 27.6. The van der Waals surface area contributed by atoms with Crippen LogP contribution in [0.15, 0.2) is 114 Å². The summed E-state index contributed by atoms with van der Waals surface area (Å²) in [4.78, 5) is 39.2. The van der Waals surface area contributed by atoms with Gasteiger partial charge in [0.15, 0.2) is 0 Å². The minimum Gasteiger partial charge on any atom is -0.325 e. The van der Waals surface area contributed by atoms with Gasteiger partial charge in [-0.05, 0) is 102 Å². The van der Waals surface area contributed by atoms with Crippen molar-refractivity contribution in [1.82, 2.24) is 5.32 Å². The van der Waals surface area contributed by atoms with Crippen LogP contribution < -0.4 is 16.0 Å². The van der Waals surface area contributed by atoms with Gasteiger partial charge in [0.1, 0.15) is 5.70 Å². The first kappa shape index (κ1) is 28.1. The fraction of sp³-hybridized carbons (Fsp3) is 0.0645. The molecule has 0 unspecified atom stereocenters. The molecule has 39 heavy (non-hydrogen) atoms. The van der Waals surface area contributed by atoms with Crippen LogP contribution >= 0.6 is 34.4 Å². The van der Waals surface area contributed by atoms with Gasteiger partial charge in [-0.2, -0.15) is 0 Å². The minimum atomic E-state index is -0.446. The lowest BCUT2D eigenvalue weighted by Crippen LogP contribution is -2.30. The molecular formula is C31H26IN3O3S. The van der Waals surface area contributed by atoms with Crippen molar-refractivity contribution in [1.29, 1.82) is 0 Å². The molecule has 8 heteroatoms. The van der Waals surface area contributed by atoms with E-state index in [1.165, 1.54) is 11.8 Å². The Kier molecular flexibility index (Phi) is 9.93. The van der Waals surface area contributed by atoms with Gasteiger partial charge < -0.3 is 16.0 Å². The summed E-state index contributed by atoms with van der Waals surface area (Å²) in [5.74, 6) is -0.663. The third kappa shape index (κ3) is 8.83. The number of nitrogens with one attached hydrogen (secondary N) is 3. The summed E-state index contributed by atoms with van der Waals surface area (Å²) in [7, 11) is 0. The van der Waals surface area contributed by atoms with Crippen molar-refractivity contribution in [3.63, 3.8) is 0 Å². The fourth-order valence-corrected chi connectivity index (χ4v) is 4.64. The van der Waals surface area contributed by atoms with E-state index < -0.39 is 5.91 Å². The number of rotatable bonds is 9. The first-order chi connectivity index (χ1) is 18.9. The lowest BCUT2D eigenvalue weighted by atomic mass is 10.1. The minimum absolute atomic E-state index is 0.0985. The van der Waals surface area contributed by atoms with Crippen LogP contribution in [0.4, 0.5) is 11.4 Å². The third-order valence-corrected chi connectivity index (χ3v) is 7.22. The summed E-state index contributed by atoms with van der Waals surface area (Å²) in [6, 6.07) is 31.2. The molecule has 3 N–H and O–H groups in total. The van der Waals surface area contributed by atoms with Crippen LogP contribution in [-0.2, 0) is 9.59 Å². The summed E-state index contributed by atoms with van der Waals surface area (Å²) in [6.45, 7) is 1.96. The molecule has 0 atom stereocenters. The summed E-state index contributed by atoms with van der Waals surface area (Å²) < 4.78 is 1.10. The van der Waals surface area contributed by atoms with Gasteiger partial charge in [0.2, 0.25) is 5.91 Å². The van der Waals surface area contributed by atoms with E-state index >= 15 is 0 Å². The first-order valence-corrected chi connectivity index (χ1v) is 14.2. The van der Waals surface area contributed by atoms with Gasteiger partial charge in [-0.3, -0.25) is 14.4 Å². The predicted octanol–water partition coefficient (Wildman–Crippen LogP) is 6.74. The number of anilines is 2. The van der Waals surface area contributed by atoms with Crippen molar-refractivity contribution >= 4 is 69.5 Å². The van der Waals surface area contributed by atoms with Gasteiger partial charge in [0.25, 0.3) is 11.8 Å². The maximum absolute atomic E-state index is 13.2. The summed E-state index contributed by atoms with van der Waals surface area (Å²) >= 11 is 3.62. The van der Waals surface area contributed by atoms with Gasteiger partial charge in [-0.25, -0.2) is 0 Å². The van der Waals surface area contributed by atoms with Crippen molar-refractivity contribution in [2.45, 2.75) is 11.8 Å². The zero-order valence-corrected chi connectivity index (χ0v) is 24.1. The monoisotopic (exact) mass is 647 g/mol. The molecule has 196 valence electrons. The van der Waals surface area contributed by atoms with E-state index in [2.05, 4.69) is 38.5 Å². The molecule has 0 spiro atoms. The number of carbonyl (C=O) groups is 3. The molecule has 0 fully saturated rings. The largest absolute Gasteiger partial charge is 0.325 e. The molecule has 6 nitrogen and oxygen atoms in total. The standard InChI is InChI=1S/C31H26IN3O3S/c1-21-6-5-7-22(18-21)19-28(35-30(37)23-8-3-2-4-9-23)31(38)34-26-14-16-27(17-15-26)39-20-29(36)33-25-12-10-24(32)11-13-25/h2-19H,20H2,1H3,(H,33,36)(H,34,38)(H,35,37)/b28-19-. The zero-order valence-electron chi connectivity index (χ0n) is 21.1. The van der Waals surface area contributed by atoms with Crippen LogP contribution in [0.25, 0.3) is 6.08 Å². The Hall–Kier alpha value is -3.89. The van der Waals surface area contributed by atoms with E-state index in [4.69, 9.17) is 0 Å². The van der Waals surface area contributed by atoms with Crippen molar-refractivity contribution in [2.75, 3.05) is 16.4 Å². The Bertz CT molecular complexity index is 1490. The molecule has 0 heterocycles. The van der Waals surface area contributed by atoms with E-state index in [0.29, 0.717) is 11.3 Å². The number of amides is 3. The molecule has 0 aliphatic carbocycles. The number of aryl methyl sites for hydroxylation is 1. The molecular weight excluding hydrogens is 621 g/mol. The summed E-state index contributed by atoms with van der Waals surface area (Å²) in [6.07, 6.45) is 1.65. The second kappa shape index (κ2) is 13.8. The van der Waals surface area contributed by atoms with Crippen LogP contribution in [0.5, 0.6) is 0 Å². The Labute approximate surface area is 245 Å². The maximum atomic E-state index is 13.2. The Morgan fingerprint density at radius 3 is 2.15 bits per heavy atom. The van der Waals surface area contributed by atoms with Crippen LogP contribution in [0.1, 0.15) is 21.5 Å². The molecule has 0 radical (unpaired) electrons. The van der Waals surface area contributed by atoms with Crippen LogP contribution in [0.2, 0.25) is 0 Å². The highest BCUT2D eigenvalue weighted by atomic mass is 127. The summed E-state index contributed by atoms with van der Waals surface area (Å²) in [5.41, 5.74) is 3.74. The molecule has 0 aromatic heterocycles. The first-order valence-electron chi connectivity index (χ1n) is 12.1. The van der Waals surface area contributed by atoms with Crippen LogP contribution in [0, 0.1) is 10.5 Å². The van der Waals surface area contributed by atoms with Gasteiger partial charge in [0, 0.05) is 25.4 Å². The van der Waals surface area contributed by atoms with Gasteiger partial charge in [-0.1, -0.05) is 48.0 Å². The topological polar surface area (TPSA) is 87.3 Å². The lowest BCUT2D eigenvalue weighted by Gasteiger charge is -2.12. The number of hydrogen-bond acceptors (Lipinski definition) is 4. The number of halogens is 1. The van der Waals surface area contributed by atoms with Crippen LogP contribution in [0.3, 0.4) is 0 Å². The quantitative estimate of drug-likeness (QED) is 0.107. The van der Waals surface area contributed by atoms with Crippen LogP contribution in [-0.4, -0.2) is 23.5 Å². The van der Waals surface area contributed by atoms with Gasteiger partial charge in [0.05, 0.1) is 5.75 Å². The molecule has 0 aliphatic rings. The van der Waals surface area contributed by atoms with E-state index in [1.807, 2.05) is 73.7 Å². The van der Waals surface area contributed by atoms with Crippen molar-refractivity contribution in [3.8, 4) is 0 Å². The Morgan fingerprint density at radius 1 is 0.795 bits per heavy atom. The van der Waals surface area contributed by atoms with Gasteiger partial charge >= 0.3 is 0 Å². The predicted molar refractivity (Wildman–Crippen MR) is 167 cm³/mol. The maximum Gasteiger partial charge on any atom is 0.272 e. The highest BCUT2D eigenvalue weighted by Crippen LogP contribution is 2.21. The normalized spacial score (nSPS) is 11.0. The highest BCUT2D eigenvalue weighted by molar-refractivity contribution is 14.1. The highest BCUT2D eigenvalue weighted by Gasteiger charge is 2.15. The molecule has 4 aromatic carbocycles. The average molecular weight is 648 g/mol. The second-order valence-electron chi connectivity index (χ2n) is 8.61. The second-order valence-corrected chi connectivity index (χ2v) is 10.9. The number of benzene rings is 4. The average Bonchev–Trinajstić information content (AvgIpc) is 2.94. The summed E-state index contributed by atoms with van der Waals surface area (Å²) in [5, 5.41) is 8.48. The van der Waals surface area contributed by atoms with E-state index in [-0.39, 0.29) is 23.3 Å². The lowest BCUT2D eigenvalue weighted by molar-refractivity contribution is -0.114. The number of hydrogen-bond donors (Lipinski definition) is 3. The number of carbonyl (C=O) groups excluding carboxylic acids is 3. The van der Waals surface area contributed by atoms with Crippen molar-refractivity contribution in [2.24, 2.45) is 0 Å². The third-order valence-electron chi connectivity index (χ3n) is 5.49. The van der Waals surface area contributed by atoms with Crippen molar-refractivity contribution in [3.05, 3.63) is 129 Å². The molecule has 0 saturated carbocycles. The van der Waals surface area contributed by atoms with E-state index in [9.17, 15) is 14.4 Å². The molecule has 4 aromatic rings. The molecule has 4 rings (SSSR count). The fourth-order valence-electron chi connectivity index (χ4n) is 3.58. The molecule has 0 bridgehead atoms.